The fraction of sp³-hybridized carbons (Fsp3) is 0.304. The van der Waals surface area contributed by atoms with Crippen molar-refractivity contribution in [2.75, 3.05) is 0 Å². The standard InChI is InChI=1S/C23H23N5O2/c29-22(25-13-16-6-9-19(10-7-16)28-15-24-14-26-28)18-8-11-20-21(12-18)30-23(27-20)17-4-2-1-3-5-17/h6-12,14-15,17H,1-5,13H2,(H,25,29). The van der Waals surface area contributed by atoms with E-state index in [0.29, 0.717) is 23.6 Å². The Kier molecular flexibility index (Phi) is 5.01. The predicted molar refractivity (Wildman–Crippen MR) is 112 cm³/mol. The van der Waals surface area contributed by atoms with Crippen molar-refractivity contribution in [3.05, 3.63) is 72.1 Å². The molecule has 1 aliphatic carbocycles. The maximum atomic E-state index is 12.6. The van der Waals surface area contributed by atoms with Gasteiger partial charge >= 0.3 is 0 Å². The molecule has 5 rings (SSSR count). The summed E-state index contributed by atoms with van der Waals surface area (Å²) in [6, 6.07) is 13.3. The molecule has 0 saturated heterocycles. The first-order valence-electron chi connectivity index (χ1n) is 10.4. The summed E-state index contributed by atoms with van der Waals surface area (Å²) in [5.41, 5.74) is 4.00. The van der Waals surface area contributed by atoms with Gasteiger partial charge in [-0.15, -0.1) is 0 Å². The summed E-state index contributed by atoms with van der Waals surface area (Å²) in [6.45, 7) is 0.443. The van der Waals surface area contributed by atoms with Crippen LogP contribution < -0.4 is 5.32 Å². The van der Waals surface area contributed by atoms with Gasteiger partial charge in [-0.3, -0.25) is 4.79 Å². The number of fused-ring (bicyclic) bond motifs is 1. The Morgan fingerprint density at radius 2 is 1.93 bits per heavy atom. The quantitative estimate of drug-likeness (QED) is 0.536. The van der Waals surface area contributed by atoms with Crippen LogP contribution in [-0.2, 0) is 6.54 Å². The Hall–Kier alpha value is -3.48. The molecule has 7 heteroatoms. The molecule has 1 N–H and O–H groups in total. The van der Waals surface area contributed by atoms with Gasteiger partial charge in [-0.2, -0.15) is 5.10 Å². The van der Waals surface area contributed by atoms with Crippen LogP contribution in [0.4, 0.5) is 0 Å². The number of benzene rings is 2. The molecule has 152 valence electrons. The van der Waals surface area contributed by atoms with Gasteiger partial charge in [-0.05, 0) is 48.7 Å². The first kappa shape index (κ1) is 18.5. The number of hydrogen-bond donors (Lipinski definition) is 1. The first-order chi connectivity index (χ1) is 14.8. The second kappa shape index (κ2) is 8.10. The number of aromatic nitrogens is 4. The summed E-state index contributed by atoms with van der Waals surface area (Å²) in [4.78, 5) is 21.2. The summed E-state index contributed by atoms with van der Waals surface area (Å²) in [7, 11) is 0. The molecular formula is C23H23N5O2. The minimum atomic E-state index is -0.132. The number of carbonyl (C=O) groups is 1. The van der Waals surface area contributed by atoms with Gasteiger partial charge in [-0.25, -0.2) is 14.6 Å². The monoisotopic (exact) mass is 401 g/mol. The lowest BCUT2D eigenvalue weighted by Crippen LogP contribution is -2.22. The van der Waals surface area contributed by atoms with Gasteiger partial charge < -0.3 is 9.73 Å². The Balaban J connectivity index is 1.25. The van der Waals surface area contributed by atoms with E-state index < -0.39 is 0 Å². The number of oxazole rings is 1. The van der Waals surface area contributed by atoms with Crippen LogP contribution in [0, 0.1) is 0 Å². The summed E-state index contributed by atoms with van der Waals surface area (Å²) in [5.74, 6) is 1.09. The van der Waals surface area contributed by atoms with Crippen molar-refractivity contribution in [1.82, 2.24) is 25.1 Å². The minimum Gasteiger partial charge on any atom is -0.440 e. The van der Waals surface area contributed by atoms with Gasteiger partial charge in [0.1, 0.15) is 18.2 Å². The summed E-state index contributed by atoms with van der Waals surface area (Å²) < 4.78 is 7.70. The van der Waals surface area contributed by atoms with Crippen LogP contribution >= 0.6 is 0 Å². The molecule has 0 bridgehead atoms. The molecule has 1 aliphatic rings. The molecule has 0 aliphatic heterocycles. The SMILES string of the molecule is O=C(NCc1ccc(-n2cncn2)cc1)c1ccc2nc(C3CCCCC3)oc2c1. The van der Waals surface area contributed by atoms with E-state index in [1.54, 1.807) is 23.1 Å². The molecule has 1 fully saturated rings. The largest absolute Gasteiger partial charge is 0.440 e. The molecule has 1 saturated carbocycles. The smallest absolute Gasteiger partial charge is 0.251 e. The van der Waals surface area contributed by atoms with Crippen LogP contribution in [-0.4, -0.2) is 25.7 Å². The van der Waals surface area contributed by atoms with E-state index in [0.717, 1.165) is 35.5 Å². The second-order valence-electron chi connectivity index (χ2n) is 7.76. The zero-order chi connectivity index (χ0) is 20.3. The molecule has 0 spiro atoms. The predicted octanol–water partition coefficient (Wildman–Crippen LogP) is 4.39. The van der Waals surface area contributed by atoms with Gasteiger partial charge in [0, 0.05) is 18.0 Å². The zero-order valence-electron chi connectivity index (χ0n) is 16.6. The third-order valence-corrected chi connectivity index (χ3v) is 5.69. The van der Waals surface area contributed by atoms with E-state index in [4.69, 9.17) is 4.42 Å². The Labute approximate surface area is 174 Å². The average Bonchev–Trinajstić information content (AvgIpc) is 3.48. The highest BCUT2D eigenvalue weighted by atomic mass is 16.3. The molecule has 0 radical (unpaired) electrons. The highest BCUT2D eigenvalue weighted by molar-refractivity contribution is 5.97. The fourth-order valence-corrected chi connectivity index (χ4v) is 4.00. The van der Waals surface area contributed by atoms with Crippen LogP contribution in [0.1, 0.15) is 59.8 Å². The van der Waals surface area contributed by atoms with Crippen LogP contribution in [0.2, 0.25) is 0 Å². The highest BCUT2D eigenvalue weighted by Crippen LogP contribution is 2.33. The molecule has 4 aromatic rings. The zero-order valence-corrected chi connectivity index (χ0v) is 16.6. The third kappa shape index (κ3) is 3.83. The van der Waals surface area contributed by atoms with Crippen molar-refractivity contribution in [1.29, 1.82) is 0 Å². The third-order valence-electron chi connectivity index (χ3n) is 5.69. The van der Waals surface area contributed by atoms with E-state index in [-0.39, 0.29) is 5.91 Å². The normalized spacial score (nSPS) is 14.8. The first-order valence-corrected chi connectivity index (χ1v) is 10.4. The molecule has 2 aromatic carbocycles. The Morgan fingerprint density at radius 1 is 1.10 bits per heavy atom. The highest BCUT2D eigenvalue weighted by Gasteiger charge is 2.21. The van der Waals surface area contributed by atoms with Crippen LogP contribution in [0.15, 0.2) is 59.5 Å². The van der Waals surface area contributed by atoms with Crippen molar-refractivity contribution in [3.8, 4) is 5.69 Å². The van der Waals surface area contributed by atoms with Crippen molar-refractivity contribution >= 4 is 17.0 Å². The van der Waals surface area contributed by atoms with Crippen LogP contribution in [0.3, 0.4) is 0 Å². The van der Waals surface area contributed by atoms with Crippen molar-refractivity contribution in [2.24, 2.45) is 0 Å². The van der Waals surface area contributed by atoms with E-state index in [1.165, 1.54) is 25.6 Å². The lowest BCUT2D eigenvalue weighted by molar-refractivity contribution is 0.0951. The fourth-order valence-electron chi connectivity index (χ4n) is 4.00. The Bertz CT molecular complexity index is 1140. The molecule has 2 aromatic heterocycles. The maximum Gasteiger partial charge on any atom is 0.251 e. The van der Waals surface area contributed by atoms with E-state index in [1.807, 2.05) is 30.3 Å². The molecule has 30 heavy (non-hydrogen) atoms. The van der Waals surface area contributed by atoms with Crippen molar-refractivity contribution in [2.45, 2.75) is 44.6 Å². The second-order valence-corrected chi connectivity index (χ2v) is 7.76. The van der Waals surface area contributed by atoms with Gasteiger partial charge in [-0.1, -0.05) is 31.4 Å². The molecule has 2 heterocycles. The minimum absolute atomic E-state index is 0.132. The number of amides is 1. The number of rotatable bonds is 5. The van der Waals surface area contributed by atoms with E-state index in [9.17, 15) is 4.79 Å². The van der Waals surface area contributed by atoms with Gasteiger partial charge in [0.25, 0.3) is 5.91 Å². The summed E-state index contributed by atoms with van der Waals surface area (Å²) in [6.07, 6.45) is 9.18. The van der Waals surface area contributed by atoms with Crippen molar-refractivity contribution < 1.29 is 9.21 Å². The maximum absolute atomic E-state index is 12.6. The molecule has 1 amide bonds. The van der Waals surface area contributed by atoms with Crippen LogP contribution in [0.25, 0.3) is 16.8 Å². The summed E-state index contributed by atoms with van der Waals surface area (Å²) >= 11 is 0. The average molecular weight is 401 g/mol. The number of hydrogen-bond acceptors (Lipinski definition) is 5. The molecular weight excluding hydrogens is 378 g/mol. The van der Waals surface area contributed by atoms with Gasteiger partial charge in [0.05, 0.1) is 5.69 Å². The van der Waals surface area contributed by atoms with Crippen molar-refractivity contribution in [3.63, 3.8) is 0 Å². The van der Waals surface area contributed by atoms with Crippen LogP contribution in [0.5, 0.6) is 0 Å². The molecule has 7 nitrogen and oxygen atoms in total. The van der Waals surface area contributed by atoms with Gasteiger partial charge in [0.15, 0.2) is 11.5 Å². The Morgan fingerprint density at radius 3 is 2.70 bits per heavy atom. The van der Waals surface area contributed by atoms with E-state index in [2.05, 4.69) is 20.4 Å². The lowest BCUT2D eigenvalue weighted by atomic mass is 9.89. The number of nitrogens with zero attached hydrogens (tertiary/aromatic N) is 4. The van der Waals surface area contributed by atoms with E-state index >= 15 is 0 Å². The number of carbonyl (C=O) groups excluding carboxylic acids is 1. The molecule has 0 unspecified atom stereocenters. The number of nitrogens with one attached hydrogen (secondary N) is 1. The summed E-state index contributed by atoms with van der Waals surface area (Å²) in [5, 5.41) is 7.08. The topological polar surface area (TPSA) is 85.8 Å². The van der Waals surface area contributed by atoms with Gasteiger partial charge in [0.2, 0.25) is 0 Å². The molecule has 0 atom stereocenters. The lowest BCUT2D eigenvalue weighted by Gasteiger charge is -2.17.